The number of hydrogen-bond donors (Lipinski definition) is 2. The monoisotopic (exact) mass is 550 g/mol. The second-order valence-corrected chi connectivity index (χ2v) is 10.8. The molecule has 1 aromatic heterocycles. The first-order chi connectivity index (χ1) is 19.5. The molecule has 0 bridgehead atoms. The van der Waals surface area contributed by atoms with Crippen LogP contribution in [0.15, 0.2) is 77.9 Å². The fourth-order valence-corrected chi connectivity index (χ4v) is 5.63. The SMILES string of the molecule is CNC1CCCN(C(=O)c2ccc(Nc3ncc4c(n3)-c3ccc(Cl)cc3C(c3ccccc3C)=NC4)cc2)C1. The minimum absolute atomic E-state index is 0.0625. The van der Waals surface area contributed by atoms with Crippen molar-refractivity contribution in [2.24, 2.45) is 4.99 Å². The number of carbonyl (C=O) groups is 1. The minimum Gasteiger partial charge on any atom is -0.337 e. The number of anilines is 2. The Labute approximate surface area is 239 Å². The Morgan fingerprint density at radius 1 is 1.02 bits per heavy atom. The van der Waals surface area contributed by atoms with E-state index in [4.69, 9.17) is 21.6 Å². The van der Waals surface area contributed by atoms with Gasteiger partial charge in [0.25, 0.3) is 5.91 Å². The summed E-state index contributed by atoms with van der Waals surface area (Å²) in [4.78, 5) is 29.5. The highest BCUT2D eigenvalue weighted by molar-refractivity contribution is 6.31. The number of rotatable bonds is 5. The van der Waals surface area contributed by atoms with Crippen LogP contribution in [0.3, 0.4) is 0 Å². The molecule has 202 valence electrons. The second-order valence-electron chi connectivity index (χ2n) is 10.3. The molecule has 3 aromatic carbocycles. The maximum absolute atomic E-state index is 13.0. The Hall–Kier alpha value is -4.07. The van der Waals surface area contributed by atoms with Gasteiger partial charge in [-0.2, -0.15) is 0 Å². The summed E-state index contributed by atoms with van der Waals surface area (Å²) in [5, 5.41) is 7.25. The first-order valence-corrected chi connectivity index (χ1v) is 14.0. The van der Waals surface area contributed by atoms with Crippen molar-refractivity contribution in [3.63, 3.8) is 0 Å². The lowest BCUT2D eigenvalue weighted by molar-refractivity contribution is 0.0698. The highest BCUT2D eigenvalue weighted by Crippen LogP contribution is 2.34. The topological polar surface area (TPSA) is 82.5 Å². The molecule has 1 atom stereocenters. The van der Waals surface area contributed by atoms with Crippen LogP contribution in [0.2, 0.25) is 5.02 Å². The fourth-order valence-electron chi connectivity index (χ4n) is 5.46. The Morgan fingerprint density at radius 2 is 1.85 bits per heavy atom. The van der Waals surface area contributed by atoms with Crippen LogP contribution in [0.5, 0.6) is 0 Å². The number of aliphatic imine (C=N–C) groups is 1. The molecule has 8 heteroatoms. The van der Waals surface area contributed by atoms with Gasteiger partial charge in [0.05, 0.1) is 18.0 Å². The van der Waals surface area contributed by atoms with Gasteiger partial charge < -0.3 is 15.5 Å². The van der Waals surface area contributed by atoms with Gasteiger partial charge in [-0.3, -0.25) is 9.79 Å². The number of benzene rings is 3. The van der Waals surface area contributed by atoms with Gasteiger partial charge in [0.2, 0.25) is 5.95 Å². The highest BCUT2D eigenvalue weighted by atomic mass is 35.5. The largest absolute Gasteiger partial charge is 0.337 e. The van der Waals surface area contributed by atoms with E-state index in [1.54, 1.807) is 0 Å². The van der Waals surface area contributed by atoms with E-state index < -0.39 is 0 Å². The Bertz CT molecular complexity index is 1600. The Kier molecular flexibility index (Phi) is 7.32. The van der Waals surface area contributed by atoms with Crippen molar-refractivity contribution >= 4 is 34.9 Å². The molecular weight excluding hydrogens is 520 g/mol. The van der Waals surface area contributed by atoms with Crippen molar-refractivity contribution in [1.29, 1.82) is 0 Å². The predicted octanol–water partition coefficient (Wildman–Crippen LogP) is 6.02. The summed E-state index contributed by atoms with van der Waals surface area (Å²) in [6, 6.07) is 22.0. The molecule has 0 radical (unpaired) electrons. The number of likely N-dealkylation sites (N-methyl/N-ethyl adjacent to an activating group) is 1. The van der Waals surface area contributed by atoms with Crippen molar-refractivity contribution in [3.8, 4) is 11.3 Å². The summed E-state index contributed by atoms with van der Waals surface area (Å²) in [6.07, 6.45) is 3.94. The number of aromatic nitrogens is 2. The Morgan fingerprint density at radius 3 is 2.65 bits per heavy atom. The van der Waals surface area contributed by atoms with Crippen molar-refractivity contribution in [3.05, 3.63) is 106 Å². The van der Waals surface area contributed by atoms with Crippen molar-refractivity contribution in [2.45, 2.75) is 32.4 Å². The van der Waals surface area contributed by atoms with E-state index in [-0.39, 0.29) is 5.91 Å². The molecule has 1 unspecified atom stereocenters. The molecule has 3 heterocycles. The quantitative estimate of drug-likeness (QED) is 0.317. The summed E-state index contributed by atoms with van der Waals surface area (Å²) in [6.45, 7) is 4.09. The molecule has 2 N–H and O–H groups in total. The van der Waals surface area contributed by atoms with Gasteiger partial charge in [0.1, 0.15) is 0 Å². The van der Waals surface area contributed by atoms with Gasteiger partial charge in [-0.1, -0.05) is 41.9 Å². The van der Waals surface area contributed by atoms with E-state index in [0.29, 0.717) is 29.1 Å². The molecule has 6 rings (SSSR count). The predicted molar refractivity (Wildman–Crippen MR) is 161 cm³/mol. The number of nitrogens with zero attached hydrogens (tertiary/aromatic N) is 4. The first kappa shape index (κ1) is 26.2. The zero-order valence-corrected chi connectivity index (χ0v) is 23.4. The third kappa shape index (κ3) is 5.22. The van der Waals surface area contributed by atoms with Crippen molar-refractivity contribution < 1.29 is 4.79 Å². The lowest BCUT2D eigenvalue weighted by atomic mass is 9.93. The molecule has 1 fully saturated rings. The van der Waals surface area contributed by atoms with Crippen LogP contribution in [0.1, 0.15) is 45.5 Å². The van der Waals surface area contributed by atoms with E-state index in [1.807, 2.05) is 72.7 Å². The number of carbonyl (C=O) groups excluding carboxylic acids is 1. The molecule has 1 saturated heterocycles. The number of nitrogens with one attached hydrogen (secondary N) is 2. The molecule has 0 aliphatic carbocycles. The lowest BCUT2D eigenvalue weighted by Crippen LogP contribution is -2.46. The van der Waals surface area contributed by atoms with E-state index in [1.165, 1.54) is 0 Å². The van der Waals surface area contributed by atoms with Crippen LogP contribution in [-0.4, -0.2) is 52.7 Å². The van der Waals surface area contributed by atoms with Crippen molar-refractivity contribution in [1.82, 2.24) is 20.2 Å². The summed E-state index contributed by atoms with van der Waals surface area (Å²) in [5.74, 6) is 0.540. The zero-order valence-electron chi connectivity index (χ0n) is 22.6. The number of aryl methyl sites for hydroxylation is 1. The normalized spacial score (nSPS) is 16.4. The van der Waals surface area contributed by atoms with Gasteiger partial charge in [0.15, 0.2) is 0 Å². The van der Waals surface area contributed by atoms with E-state index in [0.717, 1.165) is 70.8 Å². The van der Waals surface area contributed by atoms with Crippen molar-refractivity contribution in [2.75, 3.05) is 25.5 Å². The minimum atomic E-state index is 0.0625. The zero-order chi connectivity index (χ0) is 27.6. The lowest BCUT2D eigenvalue weighted by Gasteiger charge is -2.32. The van der Waals surface area contributed by atoms with Gasteiger partial charge in [-0.05, 0) is 68.8 Å². The smallest absolute Gasteiger partial charge is 0.253 e. The summed E-state index contributed by atoms with van der Waals surface area (Å²) >= 11 is 6.46. The van der Waals surface area contributed by atoms with Gasteiger partial charge >= 0.3 is 0 Å². The number of halogens is 1. The average molecular weight is 551 g/mol. The van der Waals surface area contributed by atoms with Crippen LogP contribution in [-0.2, 0) is 6.54 Å². The third-order valence-corrected chi connectivity index (χ3v) is 7.90. The van der Waals surface area contributed by atoms with Crippen LogP contribution < -0.4 is 10.6 Å². The van der Waals surface area contributed by atoms with Crippen LogP contribution in [0, 0.1) is 6.92 Å². The van der Waals surface area contributed by atoms with E-state index in [2.05, 4.69) is 34.7 Å². The second kappa shape index (κ2) is 11.2. The van der Waals surface area contributed by atoms with E-state index >= 15 is 0 Å². The molecule has 4 aromatic rings. The molecule has 7 nitrogen and oxygen atoms in total. The molecule has 2 aliphatic heterocycles. The number of piperidine rings is 1. The summed E-state index contributed by atoms with van der Waals surface area (Å²) in [5.41, 5.74) is 8.30. The number of fused-ring (bicyclic) bond motifs is 3. The van der Waals surface area contributed by atoms with Crippen LogP contribution >= 0.6 is 11.6 Å². The van der Waals surface area contributed by atoms with E-state index in [9.17, 15) is 4.79 Å². The number of amides is 1. The summed E-state index contributed by atoms with van der Waals surface area (Å²) < 4.78 is 0. The fraction of sp³-hybridized carbons (Fsp3) is 0.250. The number of hydrogen-bond acceptors (Lipinski definition) is 6. The maximum atomic E-state index is 13.0. The van der Waals surface area contributed by atoms with Gasteiger partial charge in [0, 0.05) is 63.9 Å². The highest BCUT2D eigenvalue weighted by Gasteiger charge is 2.24. The average Bonchev–Trinajstić information content (AvgIpc) is 3.14. The maximum Gasteiger partial charge on any atom is 0.253 e. The molecular formula is C32H31ClN6O. The molecule has 2 aliphatic rings. The van der Waals surface area contributed by atoms with Gasteiger partial charge in [-0.25, -0.2) is 9.97 Å². The summed E-state index contributed by atoms with van der Waals surface area (Å²) in [7, 11) is 1.95. The molecule has 0 saturated carbocycles. The molecule has 40 heavy (non-hydrogen) atoms. The van der Waals surface area contributed by atoms with Crippen LogP contribution in [0.25, 0.3) is 11.3 Å². The molecule has 0 spiro atoms. The third-order valence-electron chi connectivity index (χ3n) is 7.67. The Balaban J connectivity index is 1.27. The number of likely N-dealkylation sites (tertiary alicyclic amines) is 1. The standard InChI is InChI=1S/C32H31ClN6O/c1-20-6-3-4-8-26(20)30-28-16-23(33)11-14-27(28)29-22(17-35-30)18-36-32(38-29)37-24-12-9-21(10-13-24)31(40)39-15-5-7-25(19-39)34-2/h3-4,6,8-14,16,18,25,34H,5,7,15,17,19H2,1-2H3,(H,36,37,38). The van der Waals surface area contributed by atoms with Gasteiger partial charge in [-0.15, -0.1) is 0 Å². The molecule has 1 amide bonds. The first-order valence-electron chi connectivity index (χ1n) is 13.6. The van der Waals surface area contributed by atoms with Crippen LogP contribution in [0.4, 0.5) is 11.6 Å².